The lowest BCUT2D eigenvalue weighted by Crippen LogP contribution is -2.35. The Morgan fingerprint density at radius 1 is 1.83 bits per heavy atom. The van der Waals surface area contributed by atoms with Gasteiger partial charge in [0.05, 0.1) is 0 Å². The van der Waals surface area contributed by atoms with E-state index >= 15 is 0 Å². The largest absolute Gasteiger partial charge is 0.480 e. The van der Waals surface area contributed by atoms with Crippen LogP contribution in [0.25, 0.3) is 0 Å². The molecule has 1 rings (SSSR count). The Kier molecular flexibility index (Phi) is 3.88. The number of hydrogen-bond donors (Lipinski definition) is 2. The van der Waals surface area contributed by atoms with Crippen molar-refractivity contribution in [2.75, 3.05) is 12.8 Å². The Balaban J connectivity index is 2.30. The van der Waals surface area contributed by atoms with E-state index in [0.717, 1.165) is 6.42 Å². The molecule has 1 aliphatic rings. The molecule has 3 nitrogen and oxygen atoms in total. The van der Waals surface area contributed by atoms with E-state index in [1.807, 2.05) is 11.8 Å². The summed E-state index contributed by atoms with van der Waals surface area (Å²) in [4.78, 5) is 10.6. The maximum atomic E-state index is 10.6. The molecule has 0 aliphatic carbocycles. The molecule has 2 N–H and O–H groups in total. The van der Waals surface area contributed by atoms with Gasteiger partial charge in [-0.25, -0.2) is 0 Å². The van der Waals surface area contributed by atoms with Crippen LogP contribution in [-0.4, -0.2) is 35.2 Å². The molecule has 2 unspecified atom stereocenters. The molecule has 0 saturated carbocycles. The Morgan fingerprint density at radius 3 is 3.00 bits per heavy atom. The van der Waals surface area contributed by atoms with E-state index in [1.54, 1.807) is 7.05 Å². The molecule has 0 amide bonds. The lowest BCUT2D eigenvalue weighted by atomic mass is 10.1. The van der Waals surface area contributed by atoms with Gasteiger partial charge in [0, 0.05) is 5.25 Å². The third-order valence-corrected chi connectivity index (χ3v) is 3.59. The summed E-state index contributed by atoms with van der Waals surface area (Å²) in [5.41, 5.74) is 0. The van der Waals surface area contributed by atoms with Crippen LogP contribution in [0.2, 0.25) is 0 Å². The first-order chi connectivity index (χ1) is 5.74. The second kappa shape index (κ2) is 4.72. The average Bonchev–Trinajstić information content (AvgIpc) is 2.51. The van der Waals surface area contributed by atoms with Gasteiger partial charge in [0.1, 0.15) is 6.04 Å². The third kappa shape index (κ3) is 2.68. The number of carbonyl (C=O) groups is 1. The Labute approximate surface area is 76.9 Å². The quantitative estimate of drug-likeness (QED) is 0.691. The van der Waals surface area contributed by atoms with Gasteiger partial charge >= 0.3 is 5.97 Å². The summed E-state index contributed by atoms with van der Waals surface area (Å²) in [5.74, 6) is 0.464. The number of hydrogen-bond acceptors (Lipinski definition) is 3. The van der Waals surface area contributed by atoms with Crippen LogP contribution >= 0.6 is 11.8 Å². The number of rotatable bonds is 4. The average molecular weight is 189 g/mol. The smallest absolute Gasteiger partial charge is 0.320 e. The van der Waals surface area contributed by atoms with E-state index in [4.69, 9.17) is 5.11 Å². The Morgan fingerprint density at radius 2 is 2.58 bits per heavy atom. The summed E-state index contributed by atoms with van der Waals surface area (Å²) in [6, 6.07) is -0.361. The lowest BCUT2D eigenvalue weighted by molar-refractivity contribution is -0.139. The fraction of sp³-hybridized carbons (Fsp3) is 0.875. The highest BCUT2D eigenvalue weighted by Gasteiger charge is 2.23. The van der Waals surface area contributed by atoms with Crippen LogP contribution < -0.4 is 5.32 Å². The Hall–Kier alpha value is -0.220. The van der Waals surface area contributed by atoms with Gasteiger partial charge in [-0.1, -0.05) is 0 Å². The fourth-order valence-corrected chi connectivity index (χ4v) is 2.76. The van der Waals surface area contributed by atoms with Crippen LogP contribution in [0.15, 0.2) is 0 Å². The minimum atomic E-state index is -0.731. The highest BCUT2D eigenvalue weighted by atomic mass is 32.2. The van der Waals surface area contributed by atoms with Crippen molar-refractivity contribution >= 4 is 17.7 Å². The van der Waals surface area contributed by atoms with Crippen LogP contribution in [-0.2, 0) is 4.79 Å². The fourth-order valence-electron chi connectivity index (χ4n) is 1.44. The first-order valence-electron chi connectivity index (χ1n) is 4.25. The van der Waals surface area contributed by atoms with Crippen molar-refractivity contribution in [1.82, 2.24) is 5.32 Å². The van der Waals surface area contributed by atoms with Crippen LogP contribution in [0, 0.1) is 0 Å². The van der Waals surface area contributed by atoms with E-state index in [0.29, 0.717) is 5.25 Å². The van der Waals surface area contributed by atoms with E-state index in [1.165, 1.54) is 18.6 Å². The second-order valence-electron chi connectivity index (χ2n) is 3.05. The maximum Gasteiger partial charge on any atom is 0.320 e. The summed E-state index contributed by atoms with van der Waals surface area (Å²) in [5, 5.41) is 12.1. The predicted octanol–water partition coefficient (Wildman–Crippen LogP) is 0.945. The monoisotopic (exact) mass is 189 g/mol. The minimum absolute atomic E-state index is 0.361. The van der Waals surface area contributed by atoms with Gasteiger partial charge in [-0.05, 0) is 32.1 Å². The maximum absolute atomic E-state index is 10.6. The molecule has 0 bridgehead atoms. The molecule has 2 atom stereocenters. The van der Waals surface area contributed by atoms with Crippen molar-refractivity contribution in [3.8, 4) is 0 Å². The minimum Gasteiger partial charge on any atom is -0.480 e. The number of carboxylic acid groups (broad SMARTS) is 1. The molecule has 1 fully saturated rings. The molecule has 0 spiro atoms. The number of nitrogens with one attached hydrogen (secondary N) is 1. The topological polar surface area (TPSA) is 49.3 Å². The first-order valence-corrected chi connectivity index (χ1v) is 5.30. The molecular weight excluding hydrogens is 174 g/mol. The van der Waals surface area contributed by atoms with Crippen molar-refractivity contribution in [2.24, 2.45) is 0 Å². The van der Waals surface area contributed by atoms with Crippen LogP contribution in [0.4, 0.5) is 0 Å². The SMILES string of the molecule is CNC(CC1CCCS1)C(=O)O. The molecule has 1 aliphatic heterocycles. The molecular formula is C8H15NO2S. The molecule has 0 aromatic rings. The van der Waals surface area contributed by atoms with Crippen LogP contribution in [0.5, 0.6) is 0 Å². The molecule has 1 heterocycles. The van der Waals surface area contributed by atoms with Gasteiger partial charge in [0.15, 0.2) is 0 Å². The van der Waals surface area contributed by atoms with Crippen molar-refractivity contribution in [1.29, 1.82) is 0 Å². The second-order valence-corrected chi connectivity index (χ2v) is 4.46. The standard InChI is InChI=1S/C8H15NO2S/c1-9-7(8(10)11)5-6-3-2-4-12-6/h6-7,9H,2-5H2,1H3,(H,10,11). The third-order valence-electron chi connectivity index (χ3n) is 2.17. The van der Waals surface area contributed by atoms with Gasteiger partial charge in [0.2, 0.25) is 0 Å². The first kappa shape index (κ1) is 9.86. The van der Waals surface area contributed by atoms with Gasteiger partial charge < -0.3 is 10.4 Å². The summed E-state index contributed by atoms with van der Waals surface area (Å²) < 4.78 is 0. The van der Waals surface area contributed by atoms with Gasteiger partial charge in [-0.15, -0.1) is 0 Å². The molecule has 1 saturated heterocycles. The highest BCUT2D eigenvalue weighted by molar-refractivity contribution is 8.00. The molecule has 12 heavy (non-hydrogen) atoms. The van der Waals surface area contributed by atoms with E-state index < -0.39 is 5.97 Å². The zero-order chi connectivity index (χ0) is 8.97. The zero-order valence-electron chi connectivity index (χ0n) is 7.25. The summed E-state index contributed by atoms with van der Waals surface area (Å²) in [6.07, 6.45) is 3.18. The van der Waals surface area contributed by atoms with Crippen molar-refractivity contribution in [2.45, 2.75) is 30.6 Å². The normalized spacial score (nSPS) is 25.6. The lowest BCUT2D eigenvalue weighted by Gasteiger charge is -2.14. The molecule has 0 aromatic carbocycles. The number of thioether (sulfide) groups is 1. The highest BCUT2D eigenvalue weighted by Crippen LogP contribution is 2.29. The summed E-state index contributed by atoms with van der Waals surface area (Å²) >= 11 is 1.90. The van der Waals surface area contributed by atoms with Gasteiger partial charge in [0.25, 0.3) is 0 Å². The molecule has 70 valence electrons. The van der Waals surface area contributed by atoms with Crippen LogP contribution in [0.3, 0.4) is 0 Å². The van der Waals surface area contributed by atoms with Crippen LogP contribution in [0.1, 0.15) is 19.3 Å². The predicted molar refractivity (Wildman–Crippen MR) is 50.6 cm³/mol. The number of likely N-dealkylation sites (N-methyl/N-ethyl adjacent to an activating group) is 1. The number of carboxylic acids is 1. The van der Waals surface area contributed by atoms with Gasteiger partial charge in [-0.2, -0.15) is 11.8 Å². The summed E-state index contributed by atoms with van der Waals surface area (Å²) in [7, 11) is 1.71. The van der Waals surface area contributed by atoms with Crippen molar-refractivity contribution in [3.05, 3.63) is 0 Å². The molecule has 0 radical (unpaired) electrons. The van der Waals surface area contributed by atoms with Gasteiger partial charge in [-0.3, -0.25) is 4.79 Å². The zero-order valence-corrected chi connectivity index (χ0v) is 8.06. The van der Waals surface area contributed by atoms with E-state index in [2.05, 4.69) is 5.32 Å². The van der Waals surface area contributed by atoms with E-state index in [-0.39, 0.29) is 6.04 Å². The summed E-state index contributed by atoms with van der Waals surface area (Å²) in [6.45, 7) is 0. The Bertz CT molecular complexity index is 157. The number of aliphatic carboxylic acids is 1. The van der Waals surface area contributed by atoms with Crippen molar-refractivity contribution < 1.29 is 9.90 Å². The molecule has 4 heteroatoms. The van der Waals surface area contributed by atoms with E-state index in [9.17, 15) is 4.79 Å². The van der Waals surface area contributed by atoms with Crippen molar-refractivity contribution in [3.63, 3.8) is 0 Å². The molecule has 0 aromatic heterocycles.